The van der Waals surface area contributed by atoms with Crippen molar-refractivity contribution in [1.82, 2.24) is 0 Å². The van der Waals surface area contributed by atoms with Crippen molar-refractivity contribution >= 4 is 23.3 Å². The minimum atomic E-state index is -1.24. The van der Waals surface area contributed by atoms with Gasteiger partial charge < -0.3 is 10.5 Å². The molecule has 0 aliphatic rings. The summed E-state index contributed by atoms with van der Waals surface area (Å²) in [5.74, 6) is -4.07. The summed E-state index contributed by atoms with van der Waals surface area (Å²) in [6.07, 6.45) is 0. The van der Waals surface area contributed by atoms with E-state index in [-0.39, 0.29) is 21.8 Å². The Morgan fingerprint density at radius 1 is 1.14 bits per heavy atom. The van der Waals surface area contributed by atoms with Gasteiger partial charge in [-0.1, -0.05) is 17.7 Å². The molecule has 0 aromatic heterocycles. The summed E-state index contributed by atoms with van der Waals surface area (Å²) >= 11 is 5.77. The first-order chi connectivity index (χ1) is 9.90. The molecule has 0 atom stereocenters. The highest BCUT2D eigenvalue weighted by Gasteiger charge is 2.17. The van der Waals surface area contributed by atoms with E-state index < -0.39 is 30.0 Å². The molecule has 0 aliphatic carbocycles. The van der Waals surface area contributed by atoms with Crippen molar-refractivity contribution in [3.63, 3.8) is 0 Å². The highest BCUT2D eigenvalue weighted by molar-refractivity contribution is 6.31. The first-order valence-electron chi connectivity index (χ1n) is 5.74. The Bertz CT molecular complexity index is 687. The van der Waals surface area contributed by atoms with E-state index in [1.807, 2.05) is 0 Å². The van der Waals surface area contributed by atoms with E-state index in [1.165, 1.54) is 12.1 Å². The maximum absolute atomic E-state index is 13.5. The molecule has 110 valence electrons. The average molecular weight is 316 g/mol. The Hall–Kier alpha value is -2.21. The van der Waals surface area contributed by atoms with Gasteiger partial charge in [-0.05, 0) is 18.2 Å². The van der Waals surface area contributed by atoms with Gasteiger partial charge in [-0.15, -0.1) is 0 Å². The predicted molar refractivity (Wildman–Crippen MR) is 71.3 cm³/mol. The smallest absolute Gasteiger partial charge is 0.340 e. The first kappa shape index (κ1) is 15.2. The van der Waals surface area contributed by atoms with Gasteiger partial charge in [0.2, 0.25) is 0 Å². The minimum absolute atomic E-state index is 0.0197. The number of esters is 1. The minimum Gasteiger partial charge on any atom is -0.457 e. The van der Waals surface area contributed by atoms with Gasteiger partial charge in [0.05, 0.1) is 10.6 Å². The van der Waals surface area contributed by atoms with E-state index in [0.29, 0.717) is 12.1 Å². The van der Waals surface area contributed by atoms with Crippen LogP contribution in [0.2, 0.25) is 5.02 Å². The normalized spacial score (nSPS) is 10.5. The van der Waals surface area contributed by atoms with E-state index in [2.05, 4.69) is 0 Å². The van der Waals surface area contributed by atoms with Gasteiger partial charge in [-0.3, -0.25) is 0 Å². The molecule has 21 heavy (non-hydrogen) atoms. The summed E-state index contributed by atoms with van der Waals surface area (Å²) in [4.78, 5) is 11.8. The van der Waals surface area contributed by atoms with Crippen molar-refractivity contribution in [2.45, 2.75) is 6.61 Å². The second kappa shape index (κ2) is 6.05. The molecule has 7 heteroatoms. The van der Waals surface area contributed by atoms with Crippen molar-refractivity contribution in [2.24, 2.45) is 0 Å². The molecule has 0 aliphatic heterocycles. The van der Waals surface area contributed by atoms with E-state index in [1.54, 1.807) is 0 Å². The zero-order valence-corrected chi connectivity index (χ0v) is 11.3. The molecule has 0 heterocycles. The molecule has 2 N–H and O–H groups in total. The third-order valence-electron chi connectivity index (χ3n) is 2.72. The van der Waals surface area contributed by atoms with Crippen LogP contribution in [-0.4, -0.2) is 5.97 Å². The van der Waals surface area contributed by atoms with Gasteiger partial charge in [0.25, 0.3) is 0 Å². The third-order valence-corrected chi connectivity index (χ3v) is 3.08. The van der Waals surface area contributed by atoms with Gasteiger partial charge in [0.15, 0.2) is 11.6 Å². The lowest BCUT2D eigenvalue weighted by molar-refractivity contribution is 0.0469. The fourth-order valence-electron chi connectivity index (χ4n) is 1.62. The molecule has 2 aromatic carbocycles. The molecule has 0 unspecified atom stereocenters. The average Bonchev–Trinajstić information content (AvgIpc) is 2.42. The number of nitrogens with two attached hydrogens (primary N) is 1. The quantitative estimate of drug-likeness (QED) is 0.694. The molecule has 3 nitrogen and oxygen atoms in total. The lowest BCUT2D eigenvalue weighted by atomic mass is 10.1. The summed E-state index contributed by atoms with van der Waals surface area (Å²) < 4.78 is 44.3. The van der Waals surface area contributed by atoms with Crippen molar-refractivity contribution in [3.05, 3.63) is 63.9 Å². The number of carbonyl (C=O) groups excluding carboxylic acids is 1. The zero-order chi connectivity index (χ0) is 15.6. The fraction of sp³-hybridized carbons (Fsp3) is 0.0714. The second-order valence-electron chi connectivity index (χ2n) is 4.13. The van der Waals surface area contributed by atoms with E-state index in [0.717, 1.165) is 6.07 Å². The maximum atomic E-state index is 13.5. The molecular formula is C14H9ClF3NO2. The van der Waals surface area contributed by atoms with Crippen LogP contribution < -0.4 is 5.73 Å². The summed E-state index contributed by atoms with van der Waals surface area (Å²) in [5.41, 5.74) is 4.77. The molecule has 0 radical (unpaired) electrons. The molecule has 0 spiro atoms. The lowest BCUT2D eigenvalue weighted by Gasteiger charge is -2.09. The van der Waals surface area contributed by atoms with Crippen molar-refractivity contribution in [1.29, 1.82) is 0 Å². The molecule has 0 bridgehead atoms. The SMILES string of the molecule is Nc1cc(F)c(F)cc1C(=O)OCc1c(F)cccc1Cl. The predicted octanol–water partition coefficient (Wildman–Crippen LogP) is 3.70. The number of hydrogen-bond acceptors (Lipinski definition) is 3. The molecule has 0 amide bonds. The number of anilines is 1. The highest BCUT2D eigenvalue weighted by atomic mass is 35.5. The lowest BCUT2D eigenvalue weighted by Crippen LogP contribution is -2.10. The number of halogens is 4. The standard InChI is InChI=1S/C14H9ClF3NO2/c15-9-2-1-3-10(16)8(9)6-21-14(20)7-4-11(17)12(18)5-13(7)19/h1-5H,6,19H2. The van der Waals surface area contributed by atoms with Gasteiger partial charge >= 0.3 is 5.97 Å². The Morgan fingerprint density at radius 3 is 2.48 bits per heavy atom. The number of carbonyl (C=O) groups is 1. The van der Waals surface area contributed by atoms with Crippen molar-refractivity contribution < 1.29 is 22.7 Å². The van der Waals surface area contributed by atoms with Crippen LogP contribution in [0, 0.1) is 17.5 Å². The Morgan fingerprint density at radius 2 is 1.81 bits per heavy atom. The largest absolute Gasteiger partial charge is 0.457 e. The van der Waals surface area contributed by atoms with Crippen LogP contribution in [0.4, 0.5) is 18.9 Å². The van der Waals surface area contributed by atoms with E-state index in [9.17, 15) is 18.0 Å². The third kappa shape index (κ3) is 3.28. The van der Waals surface area contributed by atoms with Crippen molar-refractivity contribution in [3.8, 4) is 0 Å². The van der Waals surface area contributed by atoms with Crippen LogP contribution in [-0.2, 0) is 11.3 Å². The highest BCUT2D eigenvalue weighted by Crippen LogP contribution is 2.22. The van der Waals surface area contributed by atoms with Crippen molar-refractivity contribution in [2.75, 3.05) is 5.73 Å². The number of benzene rings is 2. The van der Waals surface area contributed by atoms with Gasteiger partial charge in [-0.2, -0.15) is 0 Å². The number of hydrogen-bond donors (Lipinski definition) is 1. The second-order valence-corrected chi connectivity index (χ2v) is 4.54. The van der Waals surface area contributed by atoms with Gasteiger partial charge in [-0.25, -0.2) is 18.0 Å². The molecule has 0 saturated heterocycles. The maximum Gasteiger partial charge on any atom is 0.340 e. The fourth-order valence-corrected chi connectivity index (χ4v) is 1.84. The first-order valence-corrected chi connectivity index (χ1v) is 6.12. The topological polar surface area (TPSA) is 52.3 Å². The van der Waals surface area contributed by atoms with Crippen LogP contribution >= 0.6 is 11.6 Å². The number of nitrogen functional groups attached to an aromatic ring is 1. The Labute approximate surface area is 123 Å². The summed E-state index contributed by atoms with van der Waals surface area (Å²) in [7, 11) is 0. The Kier molecular flexibility index (Phi) is 4.37. The van der Waals surface area contributed by atoms with Crippen LogP contribution in [0.15, 0.2) is 30.3 Å². The van der Waals surface area contributed by atoms with E-state index >= 15 is 0 Å². The summed E-state index contributed by atoms with van der Waals surface area (Å²) in [6, 6.07) is 5.27. The summed E-state index contributed by atoms with van der Waals surface area (Å²) in [5, 5.41) is 0.0843. The number of rotatable bonds is 3. The van der Waals surface area contributed by atoms with Gasteiger partial charge in [0.1, 0.15) is 12.4 Å². The molecule has 0 fully saturated rings. The van der Waals surface area contributed by atoms with Crippen LogP contribution in [0.3, 0.4) is 0 Å². The monoisotopic (exact) mass is 315 g/mol. The zero-order valence-electron chi connectivity index (χ0n) is 10.5. The molecule has 0 saturated carbocycles. The van der Waals surface area contributed by atoms with Crippen LogP contribution in [0.25, 0.3) is 0 Å². The van der Waals surface area contributed by atoms with Crippen LogP contribution in [0.1, 0.15) is 15.9 Å². The van der Waals surface area contributed by atoms with E-state index in [4.69, 9.17) is 22.1 Å². The summed E-state index contributed by atoms with van der Waals surface area (Å²) in [6.45, 7) is -0.456. The molecule has 2 aromatic rings. The molecule has 2 rings (SSSR count). The number of ether oxygens (including phenoxy) is 1. The van der Waals surface area contributed by atoms with Gasteiger partial charge in [0, 0.05) is 17.3 Å². The molecular weight excluding hydrogens is 307 g/mol. The van der Waals surface area contributed by atoms with Crippen LogP contribution in [0.5, 0.6) is 0 Å². The Balaban J connectivity index is 2.18.